The number of anilines is 1. The number of hydrogen-bond acceptors (Lipinski definition) is 9. The van der Waals surface area contributed by atoms with Crippen LogP contribution in [0.5, 0.6) is 0 Å². The summed E-state index contributed by atoms with van der Waals surface area (Å²) >= 11 is 1.47. The summed E-state index contributed by atoms with van der Waals surface area (Å²) in [5, 5.41) is 22.1. The van der Waals surface area contributed by atoms with Crippen molar-refractivity contribution in [1.29, 1.82) is 5.26 Å². The molecule has 1 aromatic heterocycles. The number of ether oxygens (including phenoxy) is 1. The fourth-order valence-corrected chi connectivity index (χ4v) is 7.30. The number of carbonyl (C=O) groups is 2. The largest absolute Gasteiger partial charge is 0.465 e. The van der Waals surface area contributed by atoms with Crippen LogP contribution in [0.3, 0.4) is 0 Å². The van der Waals surface area contributed by atoms with Crippen LogP contribution in [-0.4, -0.2) is 23.8 Å². The van der Waals surface area contributed by atoms with Crippen LogP contribution in [-0.2, 0) is 22.4 Å². The molecule has 0 radical (unpaired) electrons. The first kappa shape index (κ1) is 25.7. The van der Waals surface area contributed by atoms with Gasteiger partial charge in [-0.3, -0.25) is 19.8 Å². The number of carbonyl (C=O) groups excluding carboxylic acids is 2. The van der Waals surface area contributed by atoms with Crippen LogP contribution in [0.15, 0.2) is 46.9 Å². The summed E-state index contributed by atoms with van der Waals surface area (Å²) in [7, 11) is 1.34. The number of nitriles is 1. The van der Waals surface area contributed by atoms with Crippen molar-refractivity contribution in [2.75, 3.05) is 12.0 Å². The minimum atomic E-state index is -0.758. The fraction of sp³-hybridized carbons (Fsp3) is 0.393. The molecule has 1 aromatic carbocycles. The predicted molar refractivity (Wildman–Crippen MR) is 142 cm³/mol. The standard InChI is InChI=1S/C28H28N4O5S/c1-28(2)12-19-24(20(33)13-28)22(15-8-10-16(11-9-15)32(35)36)18(14-29)25(30)31(19)26-23(27(34)37-3)17-6-4-5-7-21(17)38-26/h8-11,22H,4-7,12-13,30H2,1-3H3/t22-/m1/s1. The molecule has 2 N–H and O–H groups in total. The van der Waals surface area contributed by atoms with Gasteiger partial charge in [0.2, 0.25) is 0 Å². The van der Waals surface area contributed by atoms with Gasteiger partial charge in [-0.2, -0.15) is 5.26 Å². The third kappa shape index (κ3) is 4.07. The summed E-state index contributed by atoms with van der Waals surface area (Å²) in [6.45, 7) is 4.02. The second-order valence-corrected chi connectivity index (χ2v) is 11.8. The molecule has 10 heteroatoms. The number of nitro groups is 1. The predicted octanol–water partition coefficient (Wildman–Crippen LogP) is 5.26. The third-order valence-electron chi connectivity index (χ3n) is 7.56. The van der Waals surface area contributed by atoms with E-state index in [1.807, 2.05) is 13.8 Å². The van der Waals surface area contributed by atoms with E-state index in [1.54, 1.807) is 17.0 Å². The first-order valence-corrected chi connectivity index (χ1v) is 13.3. The first-order valence-electron chi connectivity index (χ1n) is 12.5. The van der Waals surface area contributed by atoms with Crippen LogP contribution in [0.2, 0.25) is 0 Å². The number of nitro benzene ring substituents is 1. The van der Waals surface area contributed by atoms with E-state index in [4.69, 9.17) is 10.5 Å². The SMILES string of the molecule is COC(=O)c1c(N2C(N)=C(C#N)[C@@H](c3ccc([N+](=O)[O-])cc3)C3=C2CC(C)(C)CC3=O)sc2c1CCCC2. The highest BCUT2D eigenvalue weighted by atomic mass is 32.1. The minimum Gasteiger partial charge on any atom is -0.465 e. The third-order valence-corrected chi connectivity index (χ3v) is 8.84. The Hall–Kier alpha value is -3.97. The zero-order chi connectivity index (χ0) is 27.4. The molecule has 3 aliphatic rings. The Kier molecular flexibility index (Phi) is 6.35. The Morgan fingerprint density at radius 2 is 1.92 bits per heavy atom. The van der Waals surface area contributed by atoms with Crippen molar-refractivity contribution in [3.8, 4) is 6.07 Å². The normalized spacial score (nSPS) is 20.5. The summed E-state index contributed by atoms with van der Waals surface area (Å²) in [6, 6.07) is 8.10. The van der Waals surface area contributed by atoms with Crippen molar-refractivity contribution >= 4 is 33.8 Å². The zero-order valence-corrected chi connectivity index (χ0v) is 22.3. The van der Waals surface area contributed by atoms with Gasteiger partial charge in [0.25, 0.3) is 5.69 Å². The molecule has 0 fully saturated rings. The van der Waals surface area contributed by atoms with E-state index in [9.17, 15) is 25.0 Å². The molecular weight excluding hydrogens is 504 g/mol. The Morgan fingerprint density at radius 3 is 2.55 bits per heavy atom. The van der Waals surface area contributed by atoms with Crippen molar-refractivity contribution in [2.45, 2.75) is 58.3 Å². The summed E-state index contributed by atoms with van der Waals surface area (Å²) < 4.78 is 5.18. The molecule has 2 heterocycles. The molecule has 0 saturated heterocycles. The maximum absolute atomic E-state index is 13.8. The van der Waals surface area contributed by atoms with E-state index in [2.05, 4.69) is 6.07 Å². The van der Waals surface area contributed by atoms with Gasteiger partial charge in [-0.05, 0) is 48.6 Å². The van der Waals surface area contributed by atoms with Gasteiger partial charge in [0, 0.05) is 34.7 Å². The van der Waals surface area contributed by atoms with Gasteiger partial charge in [-0.15, -0.1) is 11.3 Å². The molecule has 38 heavy (non-hydrogen) atoms. The second kappa shape index (κ2) is 9.40. The van der Waals surface area contributed by atoms with Gasteiger partial charge >= 0.3 is 5.97 Å². The number of nitrogens with zero attached hydrogens (tertiary/aromatic N) is 3. The number of hydrogen-bond donors (Lipinski definition) is 1. The van der Waals surface area contributed by atoms with Crippen LogP contribution in [0, 0.1) is 26.9 Å². The number of non-ortho nitro benzene ring substituents is 1. The first-order chi connectivity index (χ1) is 18.1. The van der Waals surface area contributed by atoms with E-state index in [1.165, 1.54) is 30.6 Å². The van der Waals surface area contributed by atoms with Gasteiger partial charge < -0.3 is 10.5 Å². The molecule has 9 nitrogen and oxygen atoms in total. The van der Waals surface area contributed by atoms with E-state index in [-0.39, 0.29) is 34.7 Å². The summed E-state index contributed by atoms with van der Waals surface area (Å²) in [6.07, 6.45) is 4.36. The lowest BCUT2D eigenvalue weighted by molar-refractivity contribution is -0.384. The summed E-state index contributed by atoms with van der Waals surface area (Å²) in [5.74, 6) is -1.17. The number of fused-ring (bicyclic) bond motifs is 1. The smallest absolute Gasteiger partial charge is 0.341 e. The minimum absolute atomic E-state index is 0.0844. The average Bonchev–Trinajstić information content (AvgIpc) is 3.25. The van der Waals surface area contributed by atoms with Crippen LogP contribution in [0.4, 0.5) is 10.7 Å². The number of allylic oxidation sites excluding steroid dienone is 3. The molecule has 1 atom stereocenters. The number of rotatable bonds is 4. The monoisotopic (exact) mass is 532 g/mol. The number of aryl methyl sites for hydroxylation is 1. The molecule has 0 unspecified atom stereocenters. The Morgan fingerprint density at radius 1 is 1.24 bits per heavy atom. The molecule has 0 spiro atoms. The van der Waals surface area contributed by atoms with Gasteiger partial charge in [0.1, 0.15) is 10.8 Å². The molecule has 0 saturated carbocycles. The molecule has 5 rings (SSSR count). The Labute approximate surface area is 224 Å². The van der Waals surface area contributed by atoms with Gasteiger partial charge in [0.05, 0.1) is 35.2 Å². The van der Waals surface area contributed by atoms with Crippen molar-refractivity contribution in [3.05, 3.63) is 78.6 Å². The quantitative estimate of drug-likeness (QED) is 0.319. The number of nitrogens with two attached hydrogens (primary N) is 1. The maximum Gasteiger partial charge on any atom is 0.341 e. The van der Waals surface area contributed by atoms with Crippen molar-refractivity contribution in [1.82, 2.24) is 0 Å². The van der Waals surface area contributed by atoms with E-state index >= 15 is 0 Å². The molecule has 0 bridgehead atoms. The number of methoxy groups -OCH3 is 1. The van der Waals surface area contributed by atoms with Gasteiger partial charge in [0.15, 0.2) is 5.78 Å². The fourth-order valence-electron chi connectivity index (χ4n) is 5.88. The van der Waals surface area contributed by atoms with Crippen LogP contribution in [0.1, 0.15) is 71.8 Å². The zero-order valence-electron chi connectivity index (χ0n) is 21.5. The van der Waals surface area contributed by atoms with E-state index < -0.39 is 16.8 Å². The number of ketones is 1. The number of benzene rings is 1. The van der Waals surface area contributed by atoms with E-state index in [0.29, 0.717) is 33.8 Å². The van der Waals surface area contributed by atoms with Crippen LogP contribution < -0.4 is 10.6 Å². The van der Waals surface area contributed by atoms with Gasteiger partial charge in [-0.1, -0.05) is 26.0 Å². The lowest BCUT2D eigenvalue weighted by atomic mass is 9.68. The molecule has 0 amide bonds. The van der Waals surface area contributed by atoms with Crippen molar-refractivity contribution < 1.29 is 19.2 Å². The summed E-state index contributed by atoms with van der Waals surface area (Å²) in [5.41, 5.74) is 9.57. The number of esters is 1. The summed E-state index contributed by atoms with van der Waals surface area (Å²) in [4.78, 5) is 40.4. The average molecular weight is 533 g/mol. The van der Waals surface area contributed by atoms with Crippen LogP contribution >= 0.6 is 11.3 Å². The molecule has 196 valence electrons. The topological polar surface area (TPSA) is 140 Å². The van der Waals surface area contributed by atoms with Crippen LogP contribution in [0.25, 0.3) is 0 Å². The Balaban J connectivity index is 1.78. The second-order valence-electron chi connectivity index (χ2n) is 10.7. The number of Topliss-reactive ketones (excluding diaryl/α,β-unsaturated/α-hetero) is 1. The molecule has 2 aliphatic carbocycles. The van der Waals surface area contributed by atoms with Gasteiger partial charge in [-0.25, -0.2) is 4.79 Å². The molecule has 1 aliphatic heterocycles. The highest BCUT2D eigenvalue weighted by Gasteiger charge is 2.46. The maximum atomic E-state index is 13.8. The number of thiophene rings is 1. The van der Waals surface area contributed by atoms with E-state index in [0.717, 1.165) is 36.1 Å². The lowest BCUT2D eigenvalue weighted by Crippen LogP contribution is -2.42. The van der Waals surface area contributed by atoms with Crippen molar-refractivity contribution in [2.24, 2.45) is 11.1 Å². The molecular formula is C28H28N4O5S. The Bertz CT molecular complexity index is 1480. The lowest BCUT2D eigenvalue weighted by Gasteiger charge is -2.43. The highest BCUT2D eigenvalue weighted by Crippen LogP contribution is 2.53. The van der Waals surface area contributed by atoms with Crippen molar-refractivity contribution in [3.63, 3.8) is 0 Å². The molecule has 2 aromatic rings. The highest BCUT2D eigenvalue weighted by molar-refractivity contribution is 7.16.